The summed E-state index contributed by atoms with van der Waals surface area (Å²) in [5, 5.41) is 17.6. The van der Waals surface area contributed by atoms with Gasteiger partial charge in [0.25, 0.3) is 5.91 Å². The van der Waals surface area contributed by atoms with Gasteiger partial charge in [0.15, 0.2) is 6.10 Å². The fourth-order valence-electron chi connectivity index (χ4n) is 2.95. The summed E-state index contributed by atoms with van der Waals surface area (Å²) in [6.07, 6.45) is 1.98. The zero-order valence-corrected chi connectivity index (χ0v) is 13.8. The number of nitriles is 1. The molecule has 24 heavy (non-hydrogen) atoms. The average Bonchev–Trinajstić information content (AvgIpc) is 2.60. The lowest BCUT2D eigenvalue weighted by atomic mass is 9.93. The van der Waals surface area contributed by atoms with Crippen LogP contribution in [0.4, 0.5) is 0 Å². The van der Waals surface area contributed by atoms with Crippen molar-refractivity contribution in [2.45, 2.75) is 38.7 Å². The highest BCUT2D eigenvalue weighted by Crippen LogP contribution is 2.22. The Balaban J connectivity index is 1.89. The molecule has 0 saturated carbocycles. The predicted molar refractivity (Wildman–Crippen MR) is 87.4 cm³/mol. The zero-order chi connectivity index (χ0) is 17.5. The topological polar surface area (TPSA) is 90.6 Å². The molecule has 2 rings (SSSR count). The van der Waals surface area contributed by atoms with Crippen LogP contribution >= 0.6 is 0 Å². The van der Waals surface area contributed by atoms with E-state index in [0.29, 0.717) is 30.8 Å². The summed E-state index contributed by atoms with van der Waals surface area (Å²) in [5.74, 6) is -0.0921. The summed E-state index contributed by atoms with van der Waals surface area (Å²) in [6.45, 7) is 2.98. The molecular formula is C18H22N2O4. The van der Waals surface area contributed by atoms with Crippen LogP contribution in [0, 0.1) is 17.2 Å². The maximum absolute atomic E-state index is 12.5. The number of aliphatic carboxylic acids is 1. The number of carboxylic acids is 1. The number of hydrogen-bond donors (Lipinski definition) is 1. The number of likely N-dealkylation sites (tertiary alicyclic amines) is 1. The molecule has 0 aliphatic carbocycles. The van der Waals surface area contributed by atoms with Crippen LogP contribution in [-0.4, -0.2) is 41.1 Å². The number of amides is 1. The van der Waals surface area contributed by atoms with Crippen molar-refractivity contribution >= 4 is 11.9 Å². The van der Waals surface area contributed by atoms with Crippen LogP contribution in [-0.2, 0) is 9.59 Å². The standard InChI is InChI=1S/C18H22N2O4/c1-13(24-16-7-4-14(11-19)5-8-16)18(23)20-10-2-3-15(12-20)6-9-17(21)22/h4-5,7-8,13,15H,2-3,6,9-10,12H2,1H3,(H,21,22). The van der Waals surface area contributed by atoms with Crippen molar-refractivity contribution in [1.29, 1.82) is 5.26 Å². The Morgan fingerprint density at radius 3 is 2.75 bits per heavy atom. The first-order chi connectivity index (χ1) is 11.5. The van der Waals surface area contributed by atoms with Crippen molar-refractivity contribution in [2.75, 3.05) is 13.1 Å². The first kappa shape index (κ1) is 17.8. The van der Waals surface area contributed by atoms with Crippen LogP contribution in [0.25, 0.3) is 0 Å². The summed E-state index contributed by atoms with van der Waals surface area (Å²) in [4.78, 5) is 25.0. The number of nitrogens with zero attached hydrogens (tertiary/aromatic N) is 2. The van der Waals surface area contributed by atoms with E-state index >= 15 is 0 Å². The molecule has 1 heterocycles. The molecule has 1 fully saturated rings. The minimum absolute atomic E-state index is 0.0839. The molecule has 0 radical (unpaired) electrons. The van der Waals surface area contributed by atoms with E-state index in [1.807, 2.05) is 6.07 Å². The molecule has 2 atom stereocenters. The fraction of sp³-hybridized carbons (Fsp3) is 0.500. The van der Waals surface area contributed by atoms with Crippen LogP contribution < -0.4 is 4.74 Å². The molecule has 1 aromatic carbocycles. The van der Waals surface area contributed by atoms with Gasteiger partial charge in [0, 0.05) is 19.5 Å². The predicted octanol–water partition coefficient (Wildman–Crippen LogP) is 2.43. The lowest BCUT2D eigenvalue weighted by Crippen LogP contribution is -2.45. The molecule has 6 heteroatoms. The molecule has 1 saturated heterocycles. The van der Waals surface area contributed by atoms with Gasteiger partial charge in [-0.2, -0.15) is 5.26 Å². The maximum atomic E-state index is 12.5. The van der Waals surface area contributed by atoms with Crippen molar-refractivity contribution in [3.05, 3.63) is 29.8 Å². The van der Waals surface area contributed by atoms with Crippen LogP contribution in [0.1, 0.15) is 38.2 Å². The number of ether oxygens (including phenoxy) is 1. The third-order valence-corrected chi connectivity index (χ3v) is 4.24. The molecular weight excluding hydrogens is 308 g/mol. The van der Waals surface area contributed by atoms with E-state index in [0.717, 1.165) is 12.8 Å². The third-order valence-electron chi connectivity index (χ3n) is 4.24. The van der Waals surface area contributed by atoms with Crippen molar-refractivity contribution in [3.8, 4) is 11.8 Å². The SMILES string of the molecule is CC(Oc1ccc(C#N)cc1)C(=O)N1CCCC(CCC(=O)O)C1. The summed E-state index contributed by atoms with van der Waals surface area (Å²) in [6, 6.07) is 8.68. The highest BCUT2D eigenvalue weighted by molar-refractivity contribution is 5.81. The van der Waals surface area contributed by atoms with Crippen LogP contribution in [0.2, 0.25) is 0 Å². The van der Waals surface area contributed by atoms with Crippen molar-refractivity contribution in [3.63, 3.8) is 0 Å². The minimum atomic E-state index is -0.795. The molecule has 0 bridgehead atoms. The number of piperidine rings is 1. The highest BCUT2D eigenvalue weighted by atomic mass is 16.5. The second-order valence-electron chi connectivity index (χ2n) is 6.12. The number of carbonyl (C=O) groups excluding carboxylic acids is 1. The number of rotatable bonds is 6. The van der Waals surface area contributed by atoms with E-state index in [1.165, 1.54) is 0 Å². The zero-order valence-electron chi connectivity index (χ0n) is 13.8. The highest BCUT2D eigenvalue weighted by Gasteiger charge is 2.28. The van der Waals surface area contributed by atoms with E-state index in [1.54, 1.807) is 36.1 Å². The molecule has 1 N–H and O–H groups in total. The van der Waals surface area contributed by atoms with Crippen molar-refractivity contribution in [1.82, 2.24) is 4.90 Å². The average molecular weight is 330 g/mol. The van der Waals surface area contributed by atoms with Gasteiger partial charge in [0.05, 0.1) is 11.6 Å². The van der Waals surface area contributed by atoms with Gasteiger partial charge in [-0.05, 0) is 56.4 Å². The summed E-state index contributed by atoms with van der Waals surface area (Å²) < 4.78 is 5.67. The van der Waals surface area contributed by atoms with Gasteiger partial charge < -0.3 is 14.7 Å². The molecule has 0 spiro atoms. The number of benzene rings is 1. The molecule has 1 aromatic rings. The van der Waals surface area contributed by atoms with Gasteiger partial charge in [0.2, 0.25) is 0 Å². The molecule has 1 aliphatic rings. The van der Waals surface area contributed by atoms with Crippen LogP contribution in [0.3, 0.4) is 0 Å². The molecule has 128 valence electrons. The van der Waals surface area contributed by atoms with Crippen LogP contribution in [0.15, 0.2) is 24.3 Å². The summed E-state index contributed by atoms with van der Waals surface area (Å²) in [5.41, 5.74) is 0.540. The van der Waals surface area contributed by atoms with E-state index in [2.05, 4.69) is 0 Å². The lowest BCUT2D eigenvalue weighted by molar-refractivity contribution is -0.140. The quantitative estimate of drug-likeness (QED) is 0.865. The van der Waals surface area contributed by atoms with Gasteiger partial charge in [-0.15, -0.1) is 0 Å². The lowest BCUT2D eigenvalue weighted by Gasteiger charge is -2.34. The number of carbonyl (C=O) groups is 2. The van der Waals surface area contributed by atoms with Gasteiger partial charge in [0.1, 0.15) is 5.75 Å². The smallest absolute Gasteiger partial charge is 0.303 e. The Labute approximate surface area is 141 Å². The number of carboxylic acid groups (broad SMARTS) is 1. The Hall–Kier alpha value is -2.55. The van der Waals surface area contributed by atoms with Gasteiger partial charge in [-0.25, -0.2) is 0 Å². The third kappa shape index (κ3) is 4.98. The van der Waals surface area contributed by atoms with E-state index in [9.17, 15) is 9.59 Å². The minimum Gasteiger partial charge on any atom is -0.481 e. The van der Waals surface area contributed by atoms with Gasteiger partial charge in [-0.3, -0.25) is 9.59 Å². The van der Waals surface area contributed by atoms with E-state index < -0.39 is 12.1 Å². The molecule has 0 aromatic heterocycles. The Morgan fingerprint density at radius 1 is 1.42 bits per heavy atom. The monoisotopic (exact) mass is 330 g/mol. The molecule has 6 nitrogen and oxygen atoms in total. The normalized spacial score (nSPS) is 18.5. The summed E-state index contributed by atoms with van der Waals surface area (Å²) >= 11 is 0. The Bertz CT molecular complexity index is 621. The second-order valence-corrected chi connectivity index (χ2v) is 6.12. The molecule has 1 aliphatic heterocycles. The van der Waals surface area contributed by atoms with E-state index in [4.69, 9.17) is 15.1 Å². The Kier molecular flexibility index (Phi) is 6.19. The molecule has 1 amide bonds. The van der Waals surface area contributed by atoms with Crippen molar-refractivity contribution < 1.29 is 19.4 Å². The molecule has 2 unspecified atom stereocenters. The van der Waals surface area contributed by atoms with Gasteiger partial charge >= 0.3 is 5.97 Å². The first-order valence-electron chi connectivity index (χ1n) is 8.17. The summed E-state index contributed by atoms with van der Waals surface area (Å²) in [7, 11) is 0. The van der Waals surface area contributed by atoms with Crippen molar-refractivity contribution in [2.24, 2.45) is 5.92 Å². The van der Waals surface area contributed by atoms with Crippen LogP contribution in [0.5, 0.6) is 5.75 Å². The number of hydrogen-bond acceptors (Lipinski definition) is 4. The van der Waals surface area contributed by atoms with E-state index in [-0.39, 0.29) is 18.2 Å². The Morgan fingerprint density at radius 2 is 2.12 bits per heavy atom. The second kappa shape index (κ2) is 8.34. The maximum Gasteiger partial charge on any atom is 0.303 e. The van der Waals surface area contributed by atoms with Gasteiger partial charge in [-0.1, -0.05) is 0 Å². The fourth-order valence-corrected chi connectivity index (χ4v) is 2.95. The first-order valence-corrected chi connectivity index (χ1v) is 8.17. The largest absolute Gasteiger partial charge is 0.481 e.